The molecule has 0 fully saturated rings. The van der Waals surface area contributed by atoms with E-state index in [9.17, 15) is 13.6 Å². The molecule has 0 aliphatic rings. The highest BCUT2D eigenvalue weighted by Crippen LogP contribution is 2.08. The highest BCUT2D eigenvalue weighted by molar-refractivity contribution is 5.91. The molecular formula is C7H10F2N4O. The lowest BCUT2D eigenvalue weighted by Gasteiger charge is -2.13. The Morgan fingerprint density at radius 1 is 1.71 bits per heavy atom. The van der Waals surface area contributed by atoms with Crippen molar-refractivity contribution in [3.8, 4) is 0 Å². The second kappa shape index (κ2) is 4.14. The molecule has 1 aromatic rings. The van der Waals surface area contributed by atoms with Crippen molar-refractivity contribution in [1.82, 2.24) is 15.3 Å². The van der Waals surface area contributed by atoms with Crippen LogP contribution in [0.25, 0.3) is 0 Å². The third-order valence-corrected chi connectivity index (χ3v) is 1.55. The molecule has 14 heavy (non-hydrogen) atoms. The van der Waals surface area contributed by atoms with Crippen molar-refractivity contribution >= 4 is 5.91 Å². The highest BCUT2D eigenvalue weighted by atomic mass is 19.3. The van der Waals surface area contributed by atoms with Crippen molar-refractivity contribution in [2.24, 2.45) is 5.73 Å². The summed E-state index contributed by atoms with van der Waals surface area (Å²) in [4.78, 5) is 17.2. The molecule has 0 saturated carbocycles. The van der Waals surface area contributed by atoms with Crippen LogP contribution in [0.1, 0.15) is 10.5 Å². The molecule has 1 rings (SSSR count). The van der Waals surface area contributed by atoms with Gasteiger partial charge in [0, 0.05) is 0 Å². The van der Waals surface area contributed by atoms with E-state index in [1.807, 2.05) is 5.32 Å². The number of halogens is 2. The third kappa shape index (κ3) is 2.77. The van der Waals surface area contributed by atoms with E-state index in [2.05, 4.69) is 9.97 Å². The number of amides is 1. The molecule has 1 aromatic heterocycles. The van der Waals surface area contributed by atoms with E-state index in [0.29, 0.717) is 0 Å². The molecule has 0 aliphatic heterocycles. The molecule has 0 spiro atoms. The molecule has 5 nitrogen and oxygen atoms in total. The van der Waals surface area contributed by atoms with Gasteiger partial charge in [-0.2, -0.15) is 0 Å². The topological polar surface area (TPSA) is 83.8 Å². The molecule has 4 N–H and O–H groups in total. The number of nitrogens with one attached hydrogen (secondary N) is 2. The first kappa shape index (κ1) is 10.6. The van der Waals surface area contributed by atoms with E-state index in [0.717, 1.165) is 0 Å². The van der Waals surface area contributed by atoms with Gasteiger partial charge in [0.05, 0.1) is 25.6 Å². The maximum Gasteiger partial charge on any atom is 0.277 e. The molecule has 0 saturated heterocycles. The fourth-order valence-corrected chi connectivity index (χ4v) is 0.757. The average Bonchev–Trinajstić information content (AvgIpc) is 2.67. The molecule has 0 unspecified atom stereocenters. The molecule has 78 valence electrons. The van der Waals surface area contributed by atoms with Crippen LogP contribution in [0.2, 0.25) is 0 Å². The molecule has 7 heteroatoms. The number of aromatic amines is 1. The van der Waals surface area contributed by atoms with E-state index < -0.39 is 24.9 Å². The van der Waals surface area contributed by atoms with E-state index in [4.69, 9.17) is 5.73 Å². The molecule has 1 amide bonds. The van der Waals surface area contributed by atoms with Crippen LogP contribution in [0, 0.1) is 0 Å². The number of aromatic nitrogens is 2. The largest absolute Gasteiger partial charge is 0.345 e. The predicted octanol–water partition coefficient (Wildman–Crippen LogP) is -0.267. The van der Waals surface area contributed by atoms with Crippen LogP contribution in [0.5, 0.6) is 0 Å². The molecule has 0 bridgehead atoms. The number of carbonyl (C=O) groups is 1. The SMILES string of the molecule is NCC(F)(F)CNC(=O)c1cnc[nH]1. The minimum Gasteiger partial charge on any atom is -0.345 e. The highest BCUT2D eigenvalue weighted by Gasteiger charge is 2.27. The van der Waals surface area contributed by atoms with Crippen LogP contribution in [0.3, 0.4) is 0 Å². The van der Waals surface area contributed by atoms with Gasteiger partial charge in [-0.25, -0.2) is 13.8 Å². The molecule has 0 aromatic carbocycles. The van der Waals surface area contributed by atoms with Crippen LogP contribution in [-0.2, 0) is 0 Å². The molecule has 0 radical (unpaired) electrons. The summed E-state index contributed by atoms with van der Waals surface area (Å²) in [6.07, 6.45) is 2.53. The van der Waals surface area contributed by atoms with Gasteiger partial charge in [-0.1, -0.05) is 0 Å². The summed E-state index contributed by atoms with van der Waals surface area (Å²) >= 11 is 0. The first-order chi connectivity index (χ1) is 6.55. The van der Waals surface area contributed by atoms with Crippen molar-refractivity contribution in [1.29, 1.82) is 0 Å². The Labute approximate surface area is 78.7 Å². The number of hydrogen-bond acceptors (Lipinski definition) is 3. The van der Waals surface area contributed by atoms with Crippen molar-refractivity contribution in [3.05, 3.63) is 18.2 Å². The van der Waals surface area contributed by atoms with Crippen molar-refractivity contribution in [2.75, 3.05) is 13.1 Å². The molecule has 0 aliphatic carbocycles. The summed E-state index contributed by atoms with van der Waals surface area (Å²) < 4.78 is 25.2. The Balaban J connectivity index is 2.43. The minimum absolute atomic E-state index is 0.137. The zero-order chi connectivity index (χ0) is 10.6. The smallest absolute Gasteiger partial charge is 0.277 e. The fourth-order valence-electron chi connectivity index (χ4n) is 0.757. The number of carbonyl (C=O) groups excluding carboxylic acids is 1. The van der Waals surface area contributed by atoms with Gasteiger partial charge in [-0.3, -0.25) is 4.79 Å². The number of nitrogens with zero attached hydrogens (tertiary/aromatic N) is 1. The Bertz CT molecular complexity index is 299. The van der Waals surface area contributed by atoms with Gasteiger partial charge in [0.2, 0.25) is 0 Å². The van der Waals surface area contributed by atoms with Gasteiger partial charge in [0.1, 0.15) is 5.69 Å². The Morgan fingerprint density at radius 2 is 2.43 bits per heavy atom. The zero-order valence-electron chi connectivity index (χ0n) is 7.26. The number of alkyl halides is 2. The standard InChI is InChI=1S/C7H10F2N4O/c8-7(9,2-10)3-12-6(14)5-1-11-4-13-5/h1,4H,2-3,10H2,(H,11,13)(H,12,14). The monoisotopic (exact) mass is 204 g/mol. The summed E-state index contributed by atoms with van der Waals surface area (Å²) in [5.41, 5.74) is 4.93. The summed E-state index contributed by atoms with van der Waals surface area (Å²) in [5.74, 6) is -3.70. The van der Waals surface area contributed by atoms with Gasteiger partial charge < -0.3 is 16.0 Å². The van der Waals surface area contributed by atoms with Crippen LogP contribution in [0.4, 0.5) is 8.78 Å². The lowest BCUT2D eigenvalue weighted by molar-refractivity contribution is 0.0118. The molecule has 1 heterocycles. The van der Waals surface area contributed by atoms with Crippen LogP contribution in [0.15, 0.2) is 12.5 Å². The summed E-state index contributed by atoms with van der Waals surface area (Å²) in [6.45, 7) is -1.57. The number of imidazole rings is 1. The summed E-state index contributed by atoms with van der Waals surface area (Å²) in [6, 6.07) is 0. The fraction of sp³-hybridized carbons (Fsp3) is 0.429. The Kier molecular flexibility index (Phi) is 3.13. The second-order valence-electron chi connectivity index (χ2n) is 2.71. The molecular weight excluding hydrogens is 194 g/mol. The lowest BCUT2D eigenvalue weighted by atomic mass is 10.3. The minimum atomic E-state index is -3.07. The number of nitrogens with two attached hydrogens (primary N) is 1. The number of H-pyrrole nitrogens is 1. The number of rotatable bonds is 4. The summed E-state index contributed by atoms with van der Waals surface area (Å²) in [5, 5.41) is 2.04. The van der Waals surface area contributed by atoms with Crippen LogP contribution >= 0.6 is 0 Å². The Morgan fingerprint density at radius 3 is 2.93 bits per heavy atom. The van der Waals surface area contributed by atoms with Crippen molar-refractivity contribution < 1.29 is 13.6 Å². The van der Waals surface area contributed by atoms with Crippen LogP contribution in [-0.4, -0.2) is 34.9 Å². The van der Waals surface area contributed by atoms with Crippen LogP contribution < -0.4 is 11.1 Å². The van der Waals surface area contributed by atoms with E-state index in [1.165, 1.54) is 12.5 Å². The van der Waals surface area contributed by atoms with E-state index in [1.54, 1.807) is 0 Å². The predicted molar refractivity (Wildman–Crippen MR) is 44.9 cm³/mol. The van der Waals surface area contributed by atoms with Crippen molar-refractivity contribution in [3.63, 3.8) is 0 Å². The van der Waals surface area contributed by atoms with Gasteiger partial charge >= 0.3 is 0 Å². The number of hydrogen-bond donors (Lipinski definition) is 3. The quantitative estimate of drug-likeness (QED) is 0.631. The lowest BCUT2D eigenvalue weighted by Crippen LogP contribution is -2.41. The zero-order valence-corrected chi connectivity index (χ0v) is 7.26. The first-order valence-electron chi connectivity index (χ1n) is 3.89. The average molecular weight is 204 g/mol. The van der Waals surface area contributed by atoms with Gasteiger partial charge in [-0.05, 0) is 0 Å². The third-order valence-electron chi connectivity index (χ3n) is 1.55. The normalized spacial score (nSPS) is 11.4. The van der Waals surface area contributed by atoms with Gasteiger partial charge in [0.15, 0.2) is 0 Å². The van der Waals surface area contributed by atoms with E-state index in [-0.39, 0.29) is 5.69 Å². The van der Waals surface area contributed by atoms with Gasteiger partial charge in [0.25, 0.3) is 11.8 Å². The second-order valence-corrected chi connectivity index (χ2v) is 2.71. The van der Waals surface area contributed by atoms with Gasteiger partial charge in [-0.15, -0.1) is 0 Å². The van der Waals surface area contributed by atoms with E-state index >= 15 is 0 Å². The first-order valence-corrected chi connectivity index (χ1v) is 3.89. The maximum absolute atomic E-state index is 12.6. The Hall–Kier alpha value is -1.50. The summed E-state index contributed by atoms with van der Waals surface area (Å²) in [7, 11) is 0. The molecule has 0 atom stereocenters. The van der Waals surface area contributed by atoms with Crippen molar-refractivity contribution in [2.45, 2.75) is 5.92 Å². The maximum atomic E-state index is 12.6.